The molecule has 1 atom stereocenters. The fourth-order valence-electron chi connectivity index (χ4n) is 1.59. The van der Waals surface area contributed by atoms with Gasteiger partial charge in [-0.2, -0.15) is 0 Å². The summed E-state index contributed by atoms with van der Waals surface area (Å²) in [5.74, 6) is 0.648. The van der Waals surface area contributed by atoms with Gasteiger partial charge in [0.1, 0.15) is 5.82 Å². The zero-order valence-corrected chi connectivity index (χ0v) is 11.6. The van der Waals surface area contributed by atoms with Crippen LogP contribution in [-0.4, -0.2) is 20.7 Å². The van der Waals surface area contributed by atoms with E-state index in [4.69, 9.17) is 5.73 Å². The summed E-state index contributed by atoms with van der Waals surface area (Å²) < 4.78 is 14.5. The van der Waals surface area contributed by atoms with Crippen molar-refractivity contribution in [3.8, 4) is 0 Å². The van der Waals surface area contributed by atoms with Crippen molar-refractivity contribution in [1.82, 2.24) is 15.0 Å². The van der Waals surface area contributed by atoms with Crippen LogP contribution >= 0.6 is 11.8 Å². The lowest BCUT2D eigenvalue weighted by Crippen LogP contribution is -2.08. The van der Waals surface area contributed by atoms with Gasteiger partial charge in [-0.15, -0.1) is 16.9 Å². The summed E-state index contributed by atoms with van der Waals surface area (Å²) in [6, 6.07) is 6.45. The molecule has 0 radical (unpaired) electrons. The minimum atomic E-state index is -0.209. The fraction of sp³-hybridized carbons (Fsp3) is 0.385. The largest absolute Gasteiger partial charge is 0.323 e. The van der Waals surface area contributed by atoms with Crippen LogP contribution in [0.3, 0.4) is 0 Å². The van der Waals surface area contributed by atoms with Crippen LogP contribution in [0.2, 0.25) is 0 Å². The van der Waals surface area contributed by atoms with E-state index in [0.29, 0.717) is 0 Å². The maximum atomic E-state index is 12.7. The highest BCUT2D eigenvalue weighted by atomic mass is 32.2. The number of thioether (sulfide) groups is 1. The molecule has 0 aliphatic carbocycles. The SMILES string of the molecule is CCC(N)c1cn(CCSc2ccc(F)cc2)nn1. The smallest absolute Gasteiger partial charge is 0.123 e. The normalized spacial score (nSPS) is 12.6. The van der Waals surface area contributed by atoms with Crippen molar-refractivity contribution in [2.45, 2.75) is 30.8 Å². The molecular formula is C13H17FN4S. The van der Waals surface area contributed by atoms with Crippen molar-refractivity contribution in [2.24, 2.45) is 5.73 Å². The molecule has 0 aliphatic heterocycles. The van der Waals surface area contributed by atoms with Gasteiger partial charge in [0.05, 0.1) is 24.5 Å². The number of halogens is 1. The molecule has 0 spiro atoms. The standard InChI is InChI=1S/C13H17FN4S/c1-2-12(15)13-9-18(17-16-13)7-8-19-11-5-3-10(14)4-6-11/h3-6,9,12H,2,7-8,15H2,1H3. The van der Waals surface area contributed by atoms with E-state index in [9.17, 15) is 4.39 Å². The summed E-state index contributed by atoms with van der Waals surface area (Å²) in [4.78, 5) is 1.05. The van der Waals surface area contributed by atoms with Crippen molar-refractivity contribution in [3.05, 3.63) is 42.0 Å². The predicted molar refractivity (Wildman–Crippen MR) is 74.4 cm³/mol. The third kappa shape index (κ3) is 4.04. The minimum absolute atomic E-state index is 0.0431. The number of nitrogens with zero attached hydrogens (tertiary/aromatic N) is 3. The number of rotatable bonds is 6. The topological polar surface area (TPSA) is 56.7 Å². The Morgan fingerprint density at radius 1 is 1.37 bits per heavy atom. The zero-order valence-electron chi connectivity index (χ0n) is 10.8. The van der Waals surface area contributed by atoms with Crippen LogP contribution < -0.4 is 5.73 Å². The van der Waals surface area contributed by atoms with E-state index in [0.717, 1.165) is 29.3 Å². The Morgan fingerprint density at radius 3 is 2.79 bits per heavy atom. The summed E-state index contributed by atoms with van der Waals surface area (Å²) in [6.45, 7) is 2.78. The molecular weight excluding hydrogens is 263 g/mol. The van der Waals surface area contributed by atoms with Crippen molar-refractivity contribution in [2.75, 3.05) is 5.75 Å². The first-order valence-electron chi connectivity index (χ1n) is 6.23. The van der Waals surface area contributed by atoms with Crippen LogP contribution in [0.1, 0.15) is 25.1 Å². The molecule has 4 nitrogen and oxygen atoms in total. The molecule has 6 heteroatoms. The van der Waals surface area contributed by atoms with E-state index in [1.54, 1.807) is 28.6 Å². The molecule has 0 bridgehead atoms. The van der Waals surface area contributed by atoms with Crippen LogP contribution in [0.5, 0.6) is 0 Å². The number of nitrogens with two attached hydrogens (primary N) is 1. The maximum absolute atomic E-state index is 12.7. The summed E-state index contributed by atoms with van der Waals surface area (Å²) >= 11 is 1.66. The minimum Gasteiger partial charge on any atom is -0.323 e. The number of aromatic nitrogens is 3. The van der Waals surface area contributed by atoms with Gasteiger partial charge in [0.25, 0.3) is 0 Å². The molecule has 1 heterocycles. The molecule has 2 aromatic rings. The van der Waals surface area contributed by atoms with Gasteiger partial charge in [0.2, 0.25) is 0 Å². The number of benzene rings is 1. The van der Waals surface area contributed by atoms with Crippen LogP contribution in [-0.2, 0) is 6.54 Å². The van der Waals surface area contributed by atoms with E-state index in [-0.39, 0.29) is 11.9 Å². The highest BCUT2D eigenvalue weighted by Gasteiger charge is 2.07. The Kier molecular flexibility index (Phi) is 4.93. The summed E-state index contributed by atoms with van der Waals surface area (Å²) in [5.41, 5.74) is 6.71. The van der Waals surface area contributed by atoms with Gasteiger partial charge in [0.15, 0.2) is 0 Å². The Bertz CT molecular complexity index is 512. The molecule has 1 aromatic heterocycles. The molecule has 2 rings (SSSR count). The molecule has 0 fully saturated rings. The Balaban J connectivity index is 1.82. The lowest BCUT2D eigenvalue weighted by atomic mass is 10.2. The first-order valence-corrected chi connectivity index (χ1v) is 7.21. The second-order valence-electron chi connectivity index (χ2n) is 4.22. The van der Waals surface area contributed by atoms with E-state index >= 15 is 0 Å². The first-order chi connectivity index (χ1) is 9.19. The van der Waals surface area contributed by atoms with Gasteiger partial charge in [-0.05, 0) is 30.7 Å². The van der Waals surface area contributed by atoms with E-state index in [2.05, 4.69) is 10.3 Å². The third-order valence-electron chi connectivity index (χ3n) is 2.78. The predicted octanol–water partition coefficient (Wildman–Crippen LogP) is 2.62. The highest BCUT2D eigenvalue weighted by Crippen LogP contribution is 2.18. The van der Waals surface area contributed by atoms with Crippen LogP contribution in [0.25, 0.3) is 0 Å². The summed E-state index contributed by atoms with van der Waals surface area (Å²) in [5, 5.41) is 8.10. The monoisotopic (exact) mass is 280 g/mol. The van der Waals surface area contributed by atoms with Crippen LogP contribution in [0.4, 0.5) is 4.39 Å². The van der Waals surface area contributed by atoms with Gasteiger partial charge in [-0.3, -0.25) is 4.68 Å². The van der Waals surface area contributed by atoms with E-state index < -0.39 is 0 Å². The first kappa shape index (κ1) is 14.0. The van der Waals surface area contributed by atoms with Gasteiger partial charge in [0, 0.05) is 10.6 Å². The van der Waals surface area contributed by atoms with Crippen LogP contribution in [0, 0.1) is 5.82 Å². The highest BCUT2D eigenvalue weighted by molar-refractivity contribution is 7.99. The molecule has 0 saturated carbocycles. The van der Waals surface area contributed by atoms with Gasteiger partial charge >= 0.3 is 0 Å². The molecule has 2 N–H and O–H groups in total. The van der Waals surface area contributed by atoms with Crippen molar-refractivity contribution in [1.29, 1.82) is 0 Å². The molecule has 19 heavy (non-hydrogen) atoms. The third-order valence-corrected chi connectivity index (χ3v) is 3.77. The summed E-state index contributed by atoms with van der Waals surface area (Å²) in [6.07, 6.45) is 2.74. The van der Waals surface area contributed by atoms with E-state index in [1.807, 2.05) is 13.1 Å². The molecule has 1 unspecified atom stereocenters. The Labute approximate surface area is 116 Å². The number of hydrogen-bond acceptors (Lipinski definition) is 4. The van der Waals surface area contributed by atoms with Gasteiger partial charge < -0.3 is 5.73 Å². The second kappa shape index (κ2) is 6.68. The maximum Gasteiger partial charge on any atom is 0.123 e. The Morgan fingerprint density at radius 2 is 2.11 bits per heavy atom. The molecule has 1 aromatic carbocycles. The van der Waals surface area contributed by atoms with Gasteiger partial charge in [-0.25, -0.2) is 4.39 Å². The average molecular weight is 280 g/mol. The van der Waals surface area contributed by atoms with Crippen molar-refractivity contribution < 1.29 is 4.39 Å². The molecule has 0 amide bonds. The average Bonchev–Trinajstić information content (AvgIpc) is 2.89. The van der Waals surface area contributed by atoms with Crippen molar-refractivity contribution >= 4 is 11.8 Å². The summed E-state index contributed by atoms with van der Waals surface area (Å²) in [7, 11) is 0. The molecule has 0 aliphatic rings. The lowest BCUT2D eigenvalue weighted by molar-refractivity contribution is 0.626. The quantitative estimate of drug-likeness (QED) is 0.826. The second-order valence-corrected chi connectivity index (χ2v) is 5.39. The molecule has 0 saturated heterocycles. The number of aryl methyl sites for hydroxylation is 1. The van der Waals surface area contributed by atoms with Crippen LogP contribution in [0.15, 0.2) is 35.4 Å². The number of hydrogen-bond donors (Lipinski definition) is 1. The zero-order chi connectivity index (χ0) is 13.7. The fourth-order valence-corrected chi connectivity index (χ4v) is 2.43. The lowest BCUT2D eigenvalue weighted by Gasteiger charge is -2.03. The Hall–Kier alpha value is -1.40. The molecule has 102 valence electrons. The van der Waals surface area contributed by atoms with E-state index in [1.165, 1.54) is 12.1 Å². The van der Waals surface area contributed by atoms with Gasteiger partial charge in [-0.1, -0.05) is 12.1 Å². The van der Waals surface area contributed by atoms with Crippen molar-refractivity contribution in [3.63, 3.8) is 0 Å².